The zero-order valence-corrected chi connectivity index (χ0v) is 20.4. The molecule has 1 saturated heterocycles. The quantitative estimate of drug-likeness (QED) is 0.430. The van der Waals surface area contributed by atoms with E-state index in [0.29, 0.717) is 29.7 Å². The first-order valence-corrected chi connectivity index (χ1v) is 11.7. The van der Waals surface area contributed by atoms with E-state index in [0.717, 1.165) is 42.9 Å². The number of rotatable bonds is 8. The summed E-state index contributed by atoms with van der Waals surface area (Å²) in [6, 6.07) is 13.3. The van der Waals surface area contributed by atoms with E-state index >= 15 is 0 Å². The number of benzene rings is 2. The van der Waals surface area contributed by atoms with Crippen LogP contribution in [0.4, 0.5) is 0 Å². The Balaban J connectivity index is 1.47. The van der Waals surface area contributed by atoms with E-state index in [9.17, 15) is 4.79 Å². The monoisotopic (exact) mass is 479 g/mol. The third-order valence-corrected chi connectivity index (χ3v) is 5.83. The third-order valence-electron chi connectivity index (χ3n) is 5.12. The van der Waals surface area contributed by atoms with Crippen molar-refractivity contribution in [2.75, 3.05) is 26.2 Å². The van der Waals surface area contributed by atoms with Crippen molar-refractivity contribution in [1.82, 2.24) is 4.90 Å². The van der Waals surface area contributed by atoms with Gasteiger partial charge in [0.25, 0.3) is 0 Å². The van der Waals surface area contributed by atoms with Gasteiger partial charge in [-0.05, 0) is 63.6 Å². The smallest absolute Gasteiger partial charge is 0.306 e. The topological polar surface area (TPSA) is 48.0 Å². The Morgan fingerprint density at radius 2 is 1.81 bits per heavy atom. The SMILES string of the molecule is CC(C)(C)OC(=O)CCCN1CCOC(c2ccc(OCc3c(Cl)cccc3Cl)cc2)C1. The molecule has 0 bridgehead atoms. The third kappa shape index (κ3) is 7.66. The summed E-state index contributed by atoms with van der Waals surface area (Å²) in [5.74, 6) is 0.603. The molecule has 2 aromatic rings. The van der Waals surface area contributed by atoms with Gasteiger partial charge >= 0.3 is 5.97 Å². The molecule has 174 valence electrons. The van der Waals surface area contributed by atoms with Crippen LogP contribution in [-0.2, 0) is 20.9 Å². The average Bonchev–Trinajstić information content (AvgIpc) is 2.73. The summed E-state index contributed by atoms with van der Waals surface area (Å²) in [6.45, 7) is 9.15. The summed E-state index contributed by atoms with van der Waals surface area (Å²) in [5, 5.41) is 1.19. The van der Waals surface area contributed by atoms with Crippen LogP contribution < -0.4 is 4.74 Å². The number of carbonyl (C=O) groups is 1. The largest absolute Gasteiger partial charge is 0.489 e. The van der Waals surface area contributed by atoms with Crippen molar-refractivity contribution in [3.8, 4) is 5.75 Å². The summed E-state index contributed by atoms with van der Waals surface area (Å²) >= 11 is 12.4. The number of esters is 1. The molecule has 0 radical (unpaired) electrons. The first-order valence-electron chi connectivity index (χ1n) is 10.9. The molecule has 5 nitrogen and oxygen atoms in total. The van der Waals surface area contributed by atoms with Crippen molar-refractivity contribution in [3.05, 3.63) is 63.6 Å². The summed E-state index contributed by atoms with van der Waals surface area (Å²) in [7, 11) is 0. The van der Waals surface area contributed by atoms with E-state index in [2.05, 4.69) is 4.90 Å². The van der Waals surface area contributed by atoms with Crippen molar-refractivity contribution >= 4 is 29.2 Å². The molecule has 7 heteroatoms. The molecule has 2 aromatic carbocycles. The maximum absolute atomic E-state index is 11.9. The molecule has 32 heavy (non-hydrogen) atoms. The summed E-state index contributed by atoms with van der Waals surface area (Å²) in [4.78, 5) is 14.2. The molecule has 0 N–H and O–H groups in total. The van der Waals surface area contributed by atoms with Gasteiger partial charge in [0.05, 0.1) is 12.7 Å². The molecule has 1 heterocycles. The van der Waals surface area contributed by atoms with Gasteiger partial charge in [0, 0.05) is 35.1 Å². The lowest BCUT2D eigenvalue weighted by Crippen LogP contribution is -2.39. The lowest BCUT2D eigenvalue weighted by atomic mass is 10.1. The maximum Gasteiger partial charge on any atom is 0.306 e. The zero-order valence-electron chi connectivity index (χ0n) is 18.9. The van der Waals surface area contributed by atoms with Crippen molar-refractivity contribution in [3.63, 3.8) is 0 Å². The zero-order chi connectivity index (χ0) is 23.1. The Morgan fingerprint density at radius 1 is 1.12 bits per heavy atom. The van der Waals surface area contributed by atoms with Crippen LogP contribution in [0.1, 0.15) is 50.8 Å². The van der Waals surface area contributed by atoms with Crippen LogP contribution in [0.2, 0.25) is 10.0 Å². The fourth-order valence-electron chi connectivity index (χ4n) is 3.55. The molecular formula is C25H31Cl2NO4. The Hall–Kier alpha value is -1.79. The Kier molecular flexibility index (Phi) is 8.83. The van der Waals surface area contributed by atoms with E-state index in [1.807, 2.05) is 51.1 Å². The molecule has 1 atom stereocenters. The highest BCUT2D eigenvalue weighted by Crippen LogP contribution is 2.28. The second-order valence-corrected chi connectivity index (χ2v) is 9.72. The normalized spacial score (nSPS) is 17.2. The van der Waals surface area contributed by atoms with Crippen LogP contribution in [-0.4, -0.2) is 42.7 Å². The van der Waals surface area contributed by atoms with E-state index in [4.69, 9.17) is 37.4 Å². The minimum atomic E-state index is -0.434. The van der Waals surface area contributed by atoms with E-state index in [-0.39, 0.29) is 12.1 Å². The van der Waals surface area contributed by atoms with Gasteiger partial charge in [-0.2, -0.15) is 0 Å². The van der Waals surface area contributed by atoms with Crippen molar-refractivity contribution in [2.45, 2.75) is 51.9 Å². The fourth-order valence-corrected chi connectivity index (χ4v) is 4.06. The van der Waals surface area contributed by atoms with Crippen molar-refractivity contribution in [2.24, 2.45) is 0 Å². The molecule has 0 saturated carbocycles. The van der Waals surface area contributed by atoms with Gasteiger partial charge in [0.1, 0.15) is 18.0 Å². The van der Waals surface area contributed by atoms with Gasteiger partial charge in [0.2, 0.25) is 0 Å². The van der Waals surface area contributed by atoms with Crippen LogP contribution >= 0.6 is 23.2 Å². The standard InChI is InChI=1S/C25H31Cl2NO4/c1-25(2,3)32-24(29)8-5-13-28-14-15-30-23(16-28)18-9-11-19(12-10-18)31-17-20-21(26)6-4-7-22(20)27/h4,6-7,9-12,23H,5,8,13-17H2,1-3H3. The molecule has 0 spiro atoms. The first-order chi connectivity index (χ1) is 15.2. The predicted octanol–water partition coefficient (Wildman–Crippen LogP) is 6.07. The maximum atomic E-state index is 11.9. The van der Waals surface area contributed by atoms with Gasteiger partial charge in [-0.3, -0.25) is 9.69 Å². The van der Waals surface area contributed by atoms with Crippen LogP contribution in [0.25, 0.3) is 0 Å². The van der Waals surface area contributed by atoms with Gasteiger partial charge in [-0.15, -0.1) is 0 Å². The predicted molar refractivity (Wildman–Crippen MR) is 127 cm³/mol. The van der Waals surface area contributed by atoms with E-state index < -0.39 is 5.60 Å². The molecule has 0 amide bonds. The molecule has 1 unspecified atom stereocenters. The average molecular weight is 480 g/mol. The molecular weight excluding hydrogens is 449 g/mol. The number of morpholine rings is 1. The summed E-state index contributed by atoms with van der Waals surface area (Å²) in [6.07, 6.45) is 1.21. The Bertz CT molecular complexity index is 876. The number of hydrogen-bond acceptors (Lipinski definition) is 5. The molecule has 0 aliphatic carbocycles. The molecule has 0 aromatic heterocycles. The lowest BCUT2D eigenvalue weighted by molar-refractivity contribution is -0.155. The highest BCUT2D eigenvalue weighted by molar-refractivity contribution is 6.35. The highest BCUT2D eigenvalue weighted by Gasteiger charge is 2.22. The number of halogens is 2. The highest BCUT2D eigenvalue weighted by atomic mass is 35.5. The van der Waals surface area contributed by atoms with Gasteiger partial charge < -0.3 is 14.2 Å². The fraction of sp³-hybridized carbons (Fsp3) is 0.480. The van der Waals surface area contributed by atoms with E-state index in [1.165, 1.54) is 0 Å². The van der Waals surface area contributed by atoms with Crippen LogP contribution in [0.5, 0.6) is 5.75 Å². The Labute approximate surface area is 200 Å². The first kappa shape index (κ1) is 24.8. The number of ether oxygens (including phenoxy) is 3. The van der Waals surface area contributed by atoms with Crippen LogP contribution in [0.3, 0.4) is 0 Å². The van der Waals surface area contributed by atoms with Gasteiger partial charge in [-0.25, -0.2) is 0 Å². The number of carbonyl (C=O) groups excluding carboxylic acids is 1. The van der Waals surface area contributed by atoms with Crippen molar-refractivity contribution in [1.29, 1.82) is 0 Å². The minimum Gasteiger partial charge on any atom is -0.489 e. The second-order valence-electron chi connectivity index (χ2n) is 8.91. The number of nitrogens with zero attached hydrogens (tertiary/aromatic N) is 1. The van der Waals surface area contributed by atoms with Crippen LogP contribution in [0.15, 0.2) is 42.5 Å². The second kappa shape index (κ2) is 11.4. The van der Waals surface area contributed by atoms with Gasteiger partial charge in [0.15, 0.2) is 0 Å². The molecule has 1 fully saturated rings. The van der Waals surface area contributed by atoms with Gasteiger partial charge in [-0.1, -0.05) is 41.4 Å². The van der Waals surface area contributed by atoms with Crippen LogP contribution in [0, 0.1) is 0 Å². The minimum absolute atomic E-state index is 0.00246. The molecule has 1 aliphatic heterocycles. The Morgan fingerprint density at radius 3 is 2.47 bits per heavy atom. The number of hydrogen-bond donors (Lipinski definition) is 0. The molecule has 3 rings (SSSR count). The summed E-state index contributed by atoms with van der Waals surface area (Å²) < 4.78 is 17.2. The van der Waals surface area contributed by atoms with E-state index in [1.54, 1.807) is 12.1 Å². The summed E-state index contributed by atoms with van der Waals surface area (Å²) in [5.41, 5.74) is 1.44. The van der Waals surface area contributed by atoms with Crippen molar-refractivity contribution < 1.29 is 19.0 Å². The lowest BCUT2D eigenvalue weighted by Gasteiger charge is -2.33. The molecule has 1 aliphatic rings.